The molecule has 0 aliphatic rings. The third-order valence-corrected chi connectivity index (χ3v) is 3.41. The third-order valence-electron chi connectivity index (χ3n) is 2.78. The Kier molecular flexibility index (Phi) is 4.16. The van der Waals surface area contributed by atoms with Crippen molar-refractivity contribution in [1.82, 2.24) is 4.98 Å². The lowest BCUT2D eigenvalue weighted by molar-refractivity contribution is 0.102. The lowest BCUT2D eigenvalue weighted by Crippen LogP contribution is -2.14. The van der Waals surface area contributed by atoms with Crippen molar-refractivity contribution in [2.45, 2.75) is 6.92 Å². The Balaban J connectivity index is 2.23. The number of nitrogens with one attached hydrogen (secondary N) is 2. The minimum absolute atomic E-state index is 0.132. The van der Waals surface area contributed by atoms with E-state index in [0.717, 1.165) is 15.7 Å². The number of nitrogens with zero attached hydrogens (tertiary/aromatic N) is 1. The molecule has 1 amide bonds. The minimum atomic E-state index is -0.132. The summed E-state index contributed by atoms with van der Waals surface area (Å²) in [6.45, 7) is 1.91. The number of hydrogen-bond donors (Lipinski definition) is 2. The van der Waals surface area contributed by atoms with Gasteiger partial charge in [-0.2, -0.15) is 0 Å². The van der Waals surface area contributed by atoms with E-state index < -0.39 is 0 Å². The molecular formula is C14H14BrN3O. The number of rotatable bonds is 3. The van der Waals surface area contributed by atoms with Gasteiger partial charge in [0.15, 0.2) is 0 Å². The van der Waals surface area contributed by atoms with Crippen molar-refractivity contribution in [3.8, 4) is 0 Å². The standard InChI is InChI=1S/C14H14BrN3O/c1-9-7-10(16-2)3-4-11(9)14(19)18-13-5-6-17-8-12(13)15/h3-8,16H,1-2H3,(H,17,18,19). The van der Waals surface area contributed by atoms with Crippen molar-refractivity contribution in [1.29, 1.82) is 0 Å². The number of hydrogen-bond acceptors (Lipinski definition) is 3. The Hall–Kier alpha value is -1.88. The molecule has 0 fully saturated rings. The van der Waals surface area contributed by atoms with Crippen molar-refractivity contribution in [2.75, 3.05) is 17.7 Å². The largest absolute Gasteiger partial charge is 0.388 e. The second kappa shape index (κ2) is 5.84. The first-order valence-electron chi connectivity index (χ1n) is 5.81. The first-order valence-corrected chi connectivity index (χ1v) is 6.60. The van der Waals surface area contributed by atoms with Crippen LogP contribution in [-0.4, -0.2) is 17.9 Å². The predicted octanol–water partition coefficient (Wildman–Crippen LogP) is 3.45. The minimum Gasteiger partial charge on any atom is -0.388 e. The molecule has 0 radical (unpaired) electrons. The number of aryl methyl sites for hydroxylation is 1. The summed E-state index contributed by atoms with van der Waals surface area (Å²) in [7, 11) is 1.85. The van der Waals surface area contributed by atoms with E-state index in [1.54, 1.807) is 18.5 Å². The zero-order valence-electron chi connectivity index (χ0n) is 10.7. The normalized spacial score (nSPS) is 10.1. The van der Waals surface area contributed by atoms with E-state index in [4.69, 9.17) is 0 Å². The fourth-order valence-corrected chi connectivity index (χ4v) is 2.09. The Labute approximate surface area is 120 Å². The molecule has 1 heterocycles. The van der Waals surface area contributed by atoms with Gasteiger partial charge in [-0.3, -0.25) is 9.78 Å². The van der Waals surface area contributed by atoms with Crippen LogP contribution in [0.5, 0.6) is 0 Å². The van der Waals surface area contributed by atoms with E-state index in [1.807, 2.05) is 32.2 Å². The van der Waals surface area contributed by atoms with Crippen LogP contribution in [0.4, 0.5) is 11.4 Å². The molecule has 5 heteroatoms. The van der Waals surface area contributed by atoms with Crippen molar-refractivity contribution in [2.24, 2.45) is 0 Å². The Bertz CT molecular complexity index is 613. The average Bonchev–Trinajstić information content (AvgIpc) is 2.41. The third kappa shape index (κ3) is 3.12. The van der Waals surface area contributed by atoms with Crippen molar-refractivity contribution in [3.63, 3.8) is 0 Å². The maximum Gasteiger partial charge on any atom is 0.255 e. The van der Waals surface area contributed by atoms with Crippen LogP contribution in [0.25, 0.3) is 0 Å². The van der Waals surface area contributed by atoms with Crippen LogP contribution < -0.4 is 10.6 Å². The summed E-state index contributed by atoms with van der Waals surface area (Å²) in [6.07, 6.45) is 3.28. The first kappa shape index (κ1) is 13.5. The molecule has 19 heavy (non-hydrogen) atoms. The summed E-state index contributed by atoms with van der Waals surface area (Å²) >= 11 is 3.35. The fraction of sp³-hybridized carbons (Fsp3) is 0.143. The van der Waals surface area contributed by atoms with Crippen molar-refractivity contribution in [3.05, 3.63) is 52.3 Å². The van der Waals surface area contributed by atoms with Crippen LogP contribution in [0.15, 0.2) is 41.1 Å². The zero-order chi connectivity index (χ0) is 13.8. The lowest BCUT2D eigenvalue weighted by atomic mass is 10.1. The van der Waals surface area contributed by atoms with Gasteiger partial charge in [0, 0.05) is 30.7 Å². The quantitative estimate of drug-likeness (QED) is 0.911. The van der Waals surface area contributed by atoms with Crippen LogP contribution in [0.1, 0.15) is 15.9 Å². The first-order chi connectivity index (χ1) is 9.11. The van der Waals surface area contributed by atoms with E-state index in [-0.39, 0.29) is 5.91 Å². The number of carbonyl (C=O) groups excluding carboxylic acids is 1. The molecule has 0 saturated carbocycles. The Morgan fingerprint density at radius 2 is 2.11 bits per heavy atom. The number of anilines is 2. The SMILES string of the molecule is CNc1ccc(C(=O)Nc2ccncc2Br)c(C)c1. The number of amides is 1. The second-order valence-electron chi connectivity index (χ2n) is 4.09. The van der Waals surface area contributed by atoms with Gasteiger partial charge in [-0.25, -0.2) is 0 Å². The van der Waals surface area contributed by atoms with Gasteiger partial charge in [-0.1, -0.05) is 0 Å². The maximum absolute atomic E-state index is 12.2. The van der Waals surface area contributed by atoms with Crippen LogP contribution in [0, 0.1) is 6.92 Å². The van der Waals surface area contributed by atoms with E-state index in [2.05, 4.69) is 31.5 Å². The Morgan fingerprint density at radius 3 is 2.74 bits per heavy atom. The molecule has 2 N–H and O–H groups in total. The van der Waals surface area contributed by atoms with Gasteiger partial charge >= 0.3 is 0 Å². The Morgan fingerprint density at radius 1 is 1.32 bits per heavy atom. The molecule has 0 atom stereocenters. The zero-order valence-corrected chi connectivity index (χ0v) is 12.3. The molecule has 98 valence electrons. The summed E-state index contributed by atoms with van der Waals surface area (Å²) in [5.41, 5.74) is 3.27. The average molecular weight is 320 g/mol. The number of aromatic nitrogens is 1. The van der Waals surface area contributed by atoms with Crippen LogP contribution in [0.3, 0.4) is 0 Å². The molecule has 0 aliphatic carbocycles. The summed E-state index contributed by atoms with van der Waals surface area (Å²) in [4.78, 5) is 16.2. The summed E-state index contributed by atoms with van der Waals surface area (Å²) in [6, 6.07) is 7.38. The van der Waals surface area contributed by atoms with Crippen molar-refractivity contribution < 1.29 is 4.79 Å². The number of halogens is 1. The van der Waals surface area contributed by atoms with Crippen LogP contribution in [-0.2, 0) is 0 Å². The highest BCUT2D eigenvalue weighted by Crippen LogP contribution is 2.22. The van der Waals surface area contributed by atoms with Gasteiger partial charge in [-0.05, 0) is 52.7 Å². The van der Waals surface area contributed by atoms with Gasteiger partial charge < -0.3 is 10.6 Å². The summed E-state index contributed by atoms with van der Waals surface area (Å²) < 4.78 is 0.757. The number of pyridine rings is 1. The molecule has 0 bridgehead atoms. The van der Waals surface area contributed by atoms with E-state index in [1.165, 1.54) is 0 Å². The monoisotopic (exact) mass is 319 g/mol. The smallest absolute Gasteiger partial charge is 0.255 e. The topological polar surface area (TPSA) is 54.0 Å². The molecular weight excluding hydrogens is 306 g/mol. The molecule has 0 aliphatic heterocycles. The molecule has 4 nitrogen and oxygen atoms in total. The molecule has 0 saturated heterocycles. The van der Waals surface area contributed by atoms with Crippen molar-refractivity contribution >= 4 is 33.2 Å². The molecule has 0 spiro atoms. The number of benzene rings is 1. The summed E-state index contributed by atoms with van der Waals surface area (Å²) in [5.74, 6) is -0.132. The van der Waals surface area contributed by atoms with Crippen LogP contribution >= 0.6 is 15.9 Å². The summed E-state index contributed by atoms with van der Waals surface area (Å²) in [5, 5.41) is 5.90. The van der Waals surface area contributed by atoms with E-state index in [0.29, 0.717) is 11.3 Å². The fourth-order valence-electron chi connectivity index (χ4n) is 1.74. The highest BCUT2D eigenvalue weighted by Gasteiger charge is 2.11. The maximum atomic E-state index is 12.2. The highest BCUT2D eigenvalue weighted by molar-refractivity contribution is 9.10. The molecule has 1 aromatic carbocycles. The second-order valence-corrected chi connectivity index (χ2v) is 4.94. The predicted molar refractivity (Wildman–Crippen MR) is 80.6 cm³/mol. The van der Waals surface area contributed by atoms with E-state index in [9.17, 15) is 4.79 Å². The van der Waals surface area contributed by atoms with Gasteiger partial charge in [-0.15, -0.1) is 0 Å². The van der Waals surface area contributed by atoms with Gasteiger partial charge in [0.1, 0.15) is 0 Å². The lowest BCUT2D eigenvalue weighted by Gasteiger charge is -2.10. The van der Waals surface area contributed by atoms with Crippen LogP contribution in [0.2, 0.25) is 0 Å². The van der Waals surface area contributed by atoms with E-state index >= 15 is 0 Å². The molecule has 2 rings (SSSR count). The van der Waals surface area contributed by atoms with Gasteiger partial charge in [0.25, 0.3) is 5.91 Å². The molecule has 2 aromatic rings. The molecule has 0 unspecified atom stereocenters. The molecule has 1 aromatic heterocycles. The van der Waals surface area contributed by atoms with Gasteiger partial charge in [0.2, 0.25) is 0 Å². The van der Waals surface area contributed by atoms with Gasteiger partial charge in [0.05, 0.1) is 10.2 Å². The highest BCUT2D eigenvalue weighted by atomic mass is 79.9. The number of carbonyl (C=O) groups is 1.